The molecule has 2 heterocycles. The number of fused-ring (bicyclic) bond motifs is 1. The van der Waals surface area contributed by atoms with Crippen molar-refractivity contribution in [1.29, 1.82) is 0 Å². The van der Waals surface area contributed by atoms with Crippen LogP contribution >= 0.6 is 0 Å². The van der Waals surface area contributed by atoms with Crippen LogP contribution in [0.1, 0.15) is 19.8 Å². The number of aromatic nitrogens is 1. The summed E-state index contributed by atoms with van der Waals surface area (Å²) in [5, 5.41) is 4.27. The molecule has 4 heteroatoms. The van der Waals surface area contributed by atoms with Crippen LogP contribution in [0, 0.1) is 0 Å². The topological polar surface area (TPSA) is 37.3 Å². The molecule has 4 nitrogen and oxygen atoms in total. The summed E-state index contributed by atoms with van der Waals surface area (Å²) in [5.74, 6) is 0.0966. The summed E-state index contributed by atoms with van der Waals surface area (Å²) in [6, 6.07) is 10.7. The van der Waals surface area contributed by atoms with Gasteiger partial charge in [0, 0.05) is 24.3 Å². The van der Waals surface area contributed by atoms with Crippen LogP contribution in [0.25, 0.3) is 10.9 Å². The van der Waals surface area contributed by atoms with E-state index in [0.717, 1.165) is 18.6 Å². The van der Waals surface area contributed by atoms with Crippen molar-refractivity contribution in [3.8, 4) is 0 Å². The Morgan fingerprint density at radius 2 is 2.19 bits per heavy atom. The van der Waals surface area contributed by atoms with Crippen molar-refractivity contribution in [2.45, 2.75) is 32.4 Å². The van der Waals surface area contributed by atoms with E-state index < -0.39 is 0 Å². The maximum Gasteiger partial charge on any atom is 0.239 e. The summed E-state index contributed by atoms with van der Waals surface area (Å²) >= 11 is 0. The molecule has 0 spiro atoms. The predicted octanol–water partition coefficient (Wildman–Crippen LogP) is 2.24. The molecule has 21 heavy (non-hydrogen) atoms. The van der Waals surface area contributed by atoms with E-state index in [4.69, 9.17) is 0 Å². The van der Waals surface area contributed by atoms with E-state index in [-0.39, 0.29) is 5.91 Å². The Kier molecular flexibility index (Phi) is 4.25. The van der Waals surface area contributed by atoms with Crippen LogP contribution in [0.3, 0.4) is 0 Å². The average molecular weight is 285 g/mol. The SMILES string of the molecule is CCN1CCC[C@H]1CNC(=O)Cn1ccc2ccccc21. The molecule has 0 saturated carbocycles. The molecule has 1 aliphatic rings. The fourth-order valence-electron chi connectivity index (χ4n) is 3.26. The fraction of sp³-hybridized carbons (Fsp3) is 0.471. The lowest BCUT2D eigenvalue weighted by Crippen LogP contribution is -2.40. The third-order valence-corrected chi connectivity index (χ3v) is 4.43. The molecule has 0 bridgehead atoms. The van der Waals surface area contributed by atoms with Crippen LogP contribution in [0.2, 0.25) is 0 Å². The van der Waals surface area contributed by atoms with Crippen molar-refractivity contribution >= 4 is 16.8 Å². The van der Waals surface area contributed by atoms with Gasteiger partial charge in [-0.2, -0.15) is 0 Å². The number of likely N-dealkylation sites (N-methyl/N-ethyl adjacent to an activating group) is 1. The molecule has 1 aromatic carbocycles. The maximum atomic E-state index is 12.2. The van der Waals surface area contributed by atoms with E-state index in [1.54, 1.807) is 0 Å². The summed E-state index contributed by atoms with van der Waals surface area (Å²) in [5.41, 5.74) is 1.11. The van der Waals surface area contributed by atoms with Gasteiger partial charge in [-0.05, 0) is 43.5 Å². The van der Waals surface area contributed by atoms with E-state index >= 15 is 0 Å². The van der Waals surface area contributed by atoms with Crippen molar-refractivity contribution in [1.82, 2.24) is 14.8 Å². The van der Waals surface area contributed by atoms with E-state index in [9.17, 15) is 4.79 Å². The zero-order valence-electron chi connectivity index (χ0n) is 12.6. The second-order valence-electron chi connectivity index (χ2n) is 5.73. The molecular formula is C17H23N3O. The summed E-state index contributed by atoms with van der Waals surface area (Å²) in [6.07, 6.45) is 4.43. The second-order valence-corrected chi connectivity index (χ2v) is 5.73. The number of hydrogen-bond acceptors (Lipinski definition) is 2. The Hall–Kier alpha value is -1.81. The first kappa shape index (κ1) is 14.1. The lowest BCUT2D eigenvalue weighted by atomic mass is 10.2. The Morgan fingerprint density at radius 1 is 1.33 bits per heavy atom. The number of hydrogen-bond donors (Lipinski definition) is 1. The normalized spacial score (nSPS) is 19.2. The van der Waals surface area contributed by atoms with Gasteiger partial charge in [0.2, 0.25) is 5.91 Å². The van der Waals surface area contributed by atoms with E-state index in [0.29, 0.717) is 12.6 Å². The molecule has 0 aliphatic carbocycles. The van der Waals surface area contributed by atoms with Gasteiger partial charge in [0.25, 0.3) is 0 Å². The van der Waals surface area contributed by atoms with Crippen molar-refractivity contribution in [3.63, 3.8) is 0 Å². The average Bonchev–Trinajstić information content (AvgIpc) is 3.12. The minimum atomic E-state index is 0.0966. The van der Waals surface area contributed by atoms with Crippen LogP contribution < -0.4 is 5.32 Å². The molecule has 1 atom stereocenters. The molecular weight excluding hydrogens is 262 g/mol. The van der Waals surface area contributed by atoms with Gasteiger partial charge in [0.1, 0.15) is 6.54 Å². The van der Waals surface area contributed by atoms with E-state index in [1.165, 1.54) is 24.8 Å². The summed E-state index contributed by atoms with van der Waals surface area (Å²) in [7, 11) is 0. The number of nitrogens with one attached hydrogen (secondary N) is 1. The Balaban J connectivity index is 1.57. The third-order valence-electron chi connectivity index (χ3n) is 4.43. The van der Waals surface area contributed by atoms with Gasteiger partial charge in [0.05, 0.1) is 0 Å². The highest BCUT2D eigenvalue weighted by Gasteiger charge is 2.23. The number of carbonyl (C=O) groups is 1. The van der Waals surface area contributed by atoms with E-state index in [1.807, 2.05) is 22.9 Å². The first-order valence-electron chi connectivity index (χ1n) is 7.82. The largest absolute Gasteiger partial charge is 0.353 e. The zero-order valence-corrected chi connectivity index (χ0v) is 12.6. The molecule has 1 saturated heterocycles. The number of likely N-dealkylation sites (tertiary alicyclic amines) is 1. The van der Waals surface area contributed by atoms with Gasteiger partial charge in [-0.3, -0.25) is 9.69 Å². The van der Waals surface area contributed by atoms with Gasteiger partial charge in [-0.1, -0.05) is 25.1 Å². The van der Waals surface area contributed by atoms with Crippen LogP contribution in [0.5, 0.6) is 0 Å². The highest BCUT2D eigenvalue weighted by atomic mass is 16.1. The predicted molar refractivity (Wildman–Crippen MR) is 85.2 cm³/mol. The van der Waals surface area contributed by atoms with Crippen LogP contribution in [0.15, 0.2) is 36.5 Å². The molecule has 0 unspecified atom stereocenters. The Labute approximate surface area is 125 Å². The van der Waals surface area contributed by atoms with Crippen molar-refractivity contribution in [2.75, 3.05) is 19.6 Å². The number of carbonyl (C=O) groups excluding carboxylic acids is 1. The van der Waals surface area contributed by atoms with Gasteiger partial charge in [-0.25, -0.2) is 0 Å². The van der Waals surface area contributed by atoms with Crippen LogP contribution in [0.4, 0.5) is 0 Å². The van der Waals surface area contributed by atoms with Gasteiger partial charge in [0.15, 0.2) is 0 Å². The molecule has 1 amide bonds. The molecule has 3 rings (SSSR count). The van der Waals surface area contributed by atoms with E-state index in [2.05, 4.69) is 35.3 Å². The number of rotatable bonds is 5. The van der Waals surface area contributed by atoms with Gasteiger partial charge in [-0.15, -0.1) is 0 Å². The fourth-order valence-corrected chi connectivity index (χ4v) is 3.26. The monoisotopic (exact) mass is 285 g/mol. The van der Waals surface area contributed by atoms with Crippen LogP contribution in [-0.4, -0.2) is 41.1 Å². The summed E-state index contributed by atoms with van der Waals surface area (Å²) in [6.45, 7) is 5.59. The Morgan fingerprint density at radius 3 is 3.05 bits per heavy atom. The third kappa shape index (κ3) is 3.10. The summed E-state index contributed by atoms with van der Waals surface area (Å²) < 4.78 is 2.01. The molecule has 1 fully saturated rings. The number of amides is 1. The standard InChI is InChI=1S/C17H23N3O/c1-2-19-10-5-7-15(19)12-18-17(21)13-20-11-9-14-6-3-4-8-16(14)20/h3-4,6,8-9,11,15H,2,5,7,10,12-13H2,1H3,(H,18,21)/t15-/m0/s1. The molecule has 1 N–H and O–H groups in total. The maximum absolute atomic E-state index is 12.2. The summed E-state index contributed by atoms with van der Waals surface area (Å²) in [4.78, 5) is 14.6. The first-order valence-corrected chi connectivity index (χ1v) is 7.82. The molecule has 1 aromatic heterocycles. The minimum absolute atomic E-state index is 0.0966. The number of nitrogens with zero attached hydrogens (tertiary/aromatic N) is 2. The van der Waals surface area contributed by atoms with Crippen molar-refractivity contribution in [3.05, 3.63) is 36.5 Å². The lowest BCUT2D eigenvalue weighted by molar-refractivity contribution is -0.121. The highest BCUT2D eigenvalue weighted by Crippen LogP contribution is 2.16. The highest BCUT2D eigenvalue weighted by molar-refractivity contribution is 5.83. The number of para-hydroxylation sites is 1. The van der Waals surface area contributed by atoms with Gasteiger partial charge >= 0.3 is 0 Å². The molecule has 1 aliphatic heterocycles. The van der Waals surface area contributed by atoms with Crippen molar-refractivity contribution < 1.29 is 4.79 Å². The van der Waals surface area contributed by atoms with Crippen LogP contribution in [-0.2, 0) is 11.3 Å². The van der Waals surface area contributed by atoms with Crippen molar-refractivity contribution in [2.24, 2.45) is 0 Å². The quantitative estimate of drug-likeness (QED) is 0.915. The molecule has 112 valence electrons. The second kappa shape index (κ2) is 6.31. The lowest BCUT2D eigenvalue weighted by Gasteiger charge is -2.22. The molecule has 2 aromatic rings. The zero-order chi connectivity index (χ0) is 14.7. The minimum Gasteiger partial charge on any atom is -0.353 e. The molecule has 0 radical (unpaired) electrons. The van der Waals surface area contributed by atoms with Gasteiger partial charge < -0.3 is 9.88 Å². The smallest absolute Gasteiger partial charge is 0.239 e. The number of benzene rings is 1. The Bertz CT molecular complexity index is 619. The first-order chi connectivity index (χ1) is 10.3.